The molecule has 2 fully saturated rings. The van der Waals surface area contributed by atoms with E-state index in [2.05, 4.69) is 0 Å². The summed E-state index contributed by atoms with van der Waals surface area (Å²) in [6, 6.07) is 4.83. The zero-order valence-corrected chi connectivity index (χ0v) is 13.1. The van der Waals surface area contributed by atoms with Gasteiger partial charge in [0.15, 0.2) is 11.6 Å². The summed E-state index contributed by atoms with van der Waals surface area (Å²) < 4.78 is 26.0. The predicted octanol–water partition coefficient (Wildman–Crippen LogP) is 3.28. The molecular weight excluding hydrogens is 289 g/mol. The highest BCUT2D eigenvalue weighted by Gasteiger charge is 2.41. The summed E-state index contributed by atoms with van der Waals surface area (Å²) in [5, 5.41) is 0. The average Bonchev–Trinajstić information content (AvgIpc) is 2.89. The smallest absolute Gasteiger partial charge is 0.165 e. The lowest BCUT2D eigenvalue weighted by molar-refractivity contribution is -0.0964. The van der Waals surface area contributed by atoms with Crippen molar-refractivity contribution in [3.05, 3.63) is 29.6 Å². The van der Waals surface area contributed by atoms with Gasteiger partial charge in [0.05, 0.1) is 12.2 Å². The van der Waals surface area contributed by atoms with E-state index in [1.54, 1.807) is 6.07 Å². The highest BCUT2D eigenvalue weighted by molar-refractivity contribution is 7.99. The summed E-state index contributed by atoms with van der Waals surface area (Å²) in [6.07, 6.45) is 2.78. The fraction of sp³-hybridized carbons (Fsp3) is 0.625. The van der Waals surface area contributed by atoms with E-state index in [9.17, 15) is 4.39 Å². The molecule has 21 heavy (non-hydrogen) atoms. The molecule has 116 valence electrons. The number of thioether (sulfide) groups is 1. The van der Waals surface area contributed by atoms with E-state index in [4.69, 9.17) is 15.2 Å². The van der Waals surface area contributed by atoms with E-state index in [0.29, 0.717) is 12.4 Å². The highest BCUT2D eigenvalue weighted by atomic mass is 32.2. The molecule has 5 heteroatoms. The van der Waals surface area contributed by atoms with Crippen LogP contribution in [0.5, 0.6) is 5.75 Å². The van der Waals surface area contributed by atoms with Gasteiger partial charge in [0.25, 0.3) is 0 Å². The Morgan fingerprint density at radius 2 is 2.38 bits per heavy atom. The van der Waals surface area contributed by atoms with Gasteiger partial charge in [-0.2, -0.15) is 11.8 Å². The molecule has 2 saturated heterocycles. The summed E-state index contributed by atoms with van der Waals surface area (Å²) in [4.78, 5) is 0. The molecule has 2 aliphatic heterocycles. The number of rotatable bonds is 3. The molecule has 1 aromatic rings. The average molecular weight is 311 g/mol. The van der Waals surface area contributed by atoms with Gasteiger partial charge in [0, 0.05) is 24.6 Å². The van der Waals surface area contributed by atoms with E-state index in [1.165, 1.54) is 6.07 Å². The van der Waals surface area contributed by atoms with Crippen molar-refractivity contribution < 1.29 is 13.9 Å². The first-order valence-electron chi connectivity index (χ1n) is 7.51. The zero-order chi connectivity index (χ0) is 14.9. The lowest BCUT2D eigenvalue weighted by Crippen LogP contribution is -2.43. The van der Waals surface area contributed by atoms with Gasteiger partial charge in [-0.25, -0.2) is 4.39 Å². The van der Waals surface area contributed by atoms with Crippen molar-refractivity contribution in [2.75, 3.05) is 18.1 Å². The molecule has 2 unspecified atom stereocenters. The van der Waals surface area contributed by atoms with E-state index < -0.39 is 0 Å². The maximum atomic E-state index is 14.1. The SMILES string of the molecule is C[C@@H](N)c1ccc(OC2CCOC3(CCSC3)C2)c(F)c1. The van der Waals surface area contributed by atoms with Gasteiger partial charge in [-0.1, -0.05) is 6.07 Å². The van der Waals surface area contributed by atoms with Crippen molar-refractivity contribution in [3.8, 4) is 5.75 Å². The molecule has 0 aliphatic carbocycles. The number of ether oxygens (including phenoxy) is 2. The third-order valence-corrected chi connectivity index (χ3v) is 5.51. The maximum Gasteiger partial charge on any atom is 0.165 e. The van der Waals surface area contributed by atoms with Crippen LogP contribution in [0.3, 0.4) is 0 Å². The number of benzene rings is 1. The summed E-state index contributed by atoms with van der Waals surface area (Å²) in [7, 11) is 0. The van der Waals surface area contributed by atoms with Gasteiger partial charge in [-0.05, 0) is 36.8 Å². The van der Waals surface area contributed by atoms with Crippen LogP contribution in [0.1, 0.15) is 37.8 Å². The molecule has 3 atom stereocenters. The van der Waals surface area contributed by atoms with Crippen LogP contribution >= 0.6 is 11.8 Å². The molecule has 0 radical (unpaired) electrons. The standard InChI is InChI=1S/C16H22FNO2S/c1-11(18)12-2-3-15(14(17)8-12)20-13-4-6-19-16(9-13)5-7-21-10-16/h2-3,8,11,13H,4-7,9-10,18H2,1H3/t11-,13?,16?/m1/s1. The van der Waals surface area contributed by atoms with Crippen molar-refractivity contribution in [3.63, 3.8) is 0 Å². The summed E-state index contributed by atoms with van der Waals surface area (Å²) in [5.74, 6) is 2.17. The molecule has 3 nitrogen and oxygen atoms in total. The fourth-order valence-electron chi connectivity index (χ4n) is 3.02. The molecule has 0 saturated carbocycles. The van der Waals surface area contributed by atoms with Gasteiger partial charge >= 0.3 is 0 Å². The second-order valence-corrected chi connectivity index (χ2v) is 7.15. The van der Waals surface area contributed by atoms with Crippen LogP contribution in [0.15, 0.2) is 18.2 Å². The van der Waals surface area contributed by atoms with E-state index in [0.717, 1.165) is 36.3 Å². The lowest BCUT2D eigenvalue weighted by atomic mass is 9.91. The number of halogens is 1. The maximum absolute atomic E-state index is 14.1. The number of nitrogens with two attached hydrogens (primary N) is 1. The molecule has 0 amide bonds. The Morgan fingerprint density at radius 1 is 1.52 bits per heavy atom. The second-order valence-electron chi connectivity index (χ2n) is 6.05. The Balaban J connectivity index is 1.68. The Labute approximate surface area is 129 Å². The lowest BCUT2D eigenvalue weighted by Gasteiger charge is -2.37. The van der Waals surface area contributed by atoms with Crippen LogP contribution in [0, 0.1) is 5.82 Å². The Morgan fingerprint density at radius 3 is 3.05 bits per heavy atom. The number of hydrogen-bond acceptors (Lipinski definition) is 4. The first-order chi connectivity index (χ1) is 10.1. The predicted molar refractivity (Wildman–Crippen MR) is 83.3 cm³/mol. The summed E-state index contributed by atoms with van der Waals surface area (Å²) in [6.45, 7) is 2.54. The van der Waals surface area contributed by atoms with Gasteiger partial charge in [-0.15, -0.1) is 0 Å². The third kappa shape index (κ3) is 3.35. The molecule has 0 bridgehead atoms. The van der Waals surface area contributed by atoms with Gasteiger partial charge in [0.1, 0.15) is 6.10 Å². The second kappa shape index (κ2) is 6.15. The van der Waals surface area contributed by atoms with Crippen molar-refractivity contribution in [2.45, 2.75) is 43.9 Å². The van der Waals surface area contributed by atoms with Crippen LogP contribution in [0.25, 0.3) is 0 Å². The topological polar surface area (TPSA) is 44.5 Å². The van der Waals surface area contributed by atoms with Crippen LogP contribution in [-0.4, -0.2) is 29.8 Å². The Kier molecular flexibility index (Phi) is 4.43. The summed E-state index contributed by atoms with van der Waals surface area (Å²) >= 11 is 1.93. The molecule has 1 aromatic carbocycles. The van der Waals surface area contributed by atoms with Crippen molar-refractivity contribution in [1.29, 1.82) is 0 Å². The van der Waals surface area contributed by atoms with Crippen molar-refractivity contribution in [1.82, 2.24) is 0 Å². The monoisotopic (exact) mass is 311 g/mol. The van der Waals surface area contributed by atoms with Gasteiger partial charge in [-0.3, -0.25) is 0 Å². The van der Waals surface area contributed by atoms with Gasteiger partial charge < -0.3 is 15.2 Å². The Hall–Kier alpha value is -0.780. The molecular formula is C16H22FNO2S. The summed E-state index contributed by atoms with van der Waals surface area (Å²) in [5.41, 5.74) is 6.51. The van der Waals surface area contributed by atoms with E-state index in [-0.39, 0.29) is 23.6 Å². The zero-order valence-electron chi connectivity index (χ0n) is 12.3. The minimum atomic E-state index is -0.328. The Bertz CT molecular complexity index is 503. The highest BCUT2D eigenvalue weighted by Crippen LogP contribution is 2.39. The van der Waals surface area contributed by atoms with Crippen LogP contribution in [-0.2, 0) is 4.74 Å². The largest absolute Gasteiger partial charge is 0.487 e. The number of hydrogen-bond donors (Lipinski definition) is 1. The molecule has 1 spiro atoms. The molecule has 2 N–H and O–H groups in total. The van der Waals surface area contributed by atoms with Crippen molar-refractivity contribution >= 4 is 11.8 Å². The molecule has 0 aromatic heterocycles. The quantitative estimate of drug-likeness (QED) is 0.930. The van der Waals surface area contributed by atoms with Crippen LogP contribution in [0.4, 0.5) is 4.39 Å². The third-order valence-electron chi connectivity index (χ3n) is 4.29. The van der Waals surface area contributed by atoms with Crippen molar-refractivity contribution in [2.24, 2.45) is 5.73 Å². The first kappa shape index (κ1) is 15.1. The molecule has 3 rings (SSSR count). The first-order valence-corrected chi connectivity index (χ1v) is 8.67. The fourth-order valence-corrected chi connectivity index (χ4v) is 4.40. The minimum absolute atomic E-state index is 0.0353. The normalized spacial score (nSPS) is 30.5. The molecule has 2 aliphatic rings. The molecule has 2 heterocycles. The van der Waals surface area contributed by atoms with Crippen LogP contribution < -0.4 is 10.5 Å². The minimum Gasteiger partial charge on any atom is -0.487 e. The van der Waals surface area contributed by atoms with E-state index in [1.807, 2.05) is 24.8 Å². The van der Waals surface area contributed by atoms with Crippen LogP contribution in [0.2, 0.25) is 0 Å². The van der Waals surface area contributed by atoms with Gasteiger partial charge in [0.2, 0.25) is 0 Å². The van der Waals surface area contributed by atoms with E-state index >= 15 is 0 Å².